The molecule has 1 saturated carbocycles. The van der Waals surface area contributed by atoms with Crippen LogP contribution < -0.4 is 5.32 Å². The normalized spacial score (nSPS) is 18.8. The Kier molecular flexibility index (Phi) is 3.72. The summed E-state index contributed by atoms with van der Waals surface area (Å²) in [6, 6.07) is 3.93. The first kappa shape index (κ1) is 12.1. The monoisotopic (exact) mass is 286 g/mol. The molecule has 1 aliphatic rings. The first-order chi connectivity index (χ1) is 7.62. The lowest BCUT2D eigenvalue weighted by molar-refractivity contribution is 0.0593. The third-order valence-corrected chi connectivity index (χ3v) is 4.04. The van der Waals surface area contributed by atoms with Crippen LogP contribution in [0.5, 0.6) is 0 Å². The van der Waals surface area contributed by atoms with Gasteiger partial charge < -0.3 is 14.6 Å². The third-order valence-electron chi connectivity index (χ3n) is 3.62. The molecule has 1 aromatic rings. The molecule has 16 heavy (non-hydrogen) atoms. The van der Waals surface area contributed by atoms with Gasteiger partial charge in [0.05, 0.1) is 6.54 Å². The minimum atomic E-state index is 0.379. The molecule has 1 N–H and O–H groups in total. The molecule has 1 aromatic heterocycles. The number of furan rings is 1. The van der Waals surface area contributed by atoms with Crippen LogP contribution in [0, 0.1) is 0 Å². The smallest absolute Gasteiger partial charge is 0.169 e. The van der Waals surface area contributed by atoms with Crippen molar-refractivity contribution in [1.82, 2.24) is 10.2 Å². The molecule has 1 fully saturated rings. The van der Waals surface area contributed by atoms with E-state index in [-0.39, 0.29) is 0 Å². The van der Waals surface area contributed by atoms with E-state index in [1.54, 1.807) is 0 Å². The molecule has 0 bridgehead atoms. The van der Waals surface area contributed by atoms with Gasteiger partial charge in [-0.25, -0.2) is 0 Å². The van der Waals surface area contributed by atoms with Crippen LogP contribution in [0.25, 0.3) is 0 Å². The van der Waals surface area contributed by atoms with Crippen LogP contribution in [0.2, 0.25) is 0 Å². The van der Waals surface area contributed by atoms with E-state index in [9.17, 15) is 0 Å². The number of hydrogen-bond acceptors (Lipinski definition) is 3. The lowest BCUT2D eigenvalue weighted by Crippen LogP contribution is -2.56. The Morgan fingerprint density at radius 2 is 2.19 bits per heavy atom. The summed E-state index contributed by atoms with van der Waals surface area (Å²) in [4.78, 5) is 2.35. The van der Waals surface area contributed by atoms with Crippen molar-refractivity contribution >= 4 is 15.9 Å². The average Bonchev–Trinajstić information content (AvgIpc) is 2.55. The molecule has 0 amide bonds. The van der Waals surface area contributed by atoms with Crippen LogP contribution in [0.15, 0.2) is 21.2 Å². The molecule has 0 spiro atoms. The van der Waals surface area contributed by atoms with Gasteiger partial charge in [-0.3, -0.25) is 0 Å². The topological polar surface area (TPSA) is 28.4 Å². The highest BCUT2D eigenvalue weighted by Gasteiger charge is 2.38. The number of hydrogen-bond donors (Lipinski definition) is 1. The van der Waals surface area contributed by atoms with Crippen molar-refractivity contribution in [2.75, 3.05) is 20.6 Å². The lowest BCUT2D eigenvalue weighted by atomic mass is 9.75. The standard InChI is InChI=1S/C12H19BrN2O/c1-15(2)12(6-3-7-12)9-14-8-10-4-5-11(13)16-10/h4-5,14H,3,6-9H2,1-2H3. The molecule has 0 aromatic carbocycles. The van der Waals surface area contributed by atoms with Crippen molar-refractivity contribution in [2.24, 2.45) is 0 Å². The molecular formula is C12H19BrN2O. The highest BCUT2D eigenvalue weighted by Crippen LogP contribution is 2.35. The fourth-order valence-corrected chi connectivity index (χ4v) is 2.57. The van der Waals surface area contributed by atoms with E-state index < -0.39 is 0 Å². The molecule has 0 aliphatic heterocycles. The Balaban J connectivity index is 1.79. The third kappa shape index (κ3) is 2.50. The fourth-order valence-electron chi connectivity index (χ4n) is 2.23. The zero-order valence-corrected chi connectivity index (χ0v) is 11.5. The zero-order valence-electron chi connectivity index (χ0n) is 9.92. The van der Waals surface area contributed by atoms with Gasteiger partial charge in [-0.15, -0.1) is 0 Å². The maximum Gasteiger partial charge on any atom is 0.169 e. The van der Waals surface area contributed by atoms with Crippen molar-refractivity contribution in [3.63, 3.8) is 0 Å². The van der Waals surface area contributed by atoms with E-state index in [4.69, 9.17) is 4.42 Å². The summed E-state index contributed by atoms with van der Waals surface area (Å²) in [6.07, 6.45) is 3.95. The van der Waals surface area contributed by atoms with Crippen molar-refractivity contribution in [3.8, 4) is 0 Å². The molecule has 2 rings (SSSR count). The highest BCUT2D eigenvalue weighted by atomic mass is 79.9. The van der Waals surface area contributed by atoms with E-state index in [2.05, 4.69) is 40.2 Å². The molecule has 90 valence electrons. The van der Waals surface area contributed by atoms with E-state index >= 15 is 0 Å². The van der Waals surface area contributed by atoms with Gasteiger partial charge in [-0.2, -0.15) is 0 Å². The van der Waals surface area contributed by atoms with Crippen molar-refractivity contribution in [1.29, 1.82) is 0 Å². The van der Waals surface area contributed by atoms with Crippen molar-refractivity contribution in [3.05, 3.63) is 22.6 Å². The average molecular weight is 287 g/mol. The number of likely N-dealkylation sites (N-methyl/N-ethyl adjacent to an activating group) is 1. The molecule has 1 heterocycles. The van der Waals surface area contributed by atoms with Crippen LogP contribution in [0.4, 0.5) is 0 Å². The Morgan fingerprint density at radius 1 is 1.44 bits per heavy atom. The summed E-state index contributed by atoms with van der Waals surface area (Å²) in [6.45, 7) is 1.85. The second-order valence-corrected chi connectivity index (χ2v) is 5.56. The van der Waals surface area contributed by atoms with Crippen LogP contribution >= 0.6 is 15.9 Å². The number of rotatable bonds is 5. The minimum absolute atomic E-state index is 0.379. The second kappa shape index (κ2) is 4.90. The second-order valence-electron chi connectivity index (χ2n) is 4.78. The summed E-state index contributed by atoms with van der Waals surface area (Å²) in [5.74, 6) is 0.986. The molecule has 0 saturated heterocycles. The van der Waals surface area contributed by atoms with Crippen molar-refractivity contribution in [2.45, 2.75) is 31.3 Å². The van der Waals surface area contributed by atoms with Crippen LogP contribution in [-0.2, 0) is 6.54 Å². The molecule has 3 nitrogen and oxygen atoms in total. The van der Waals surface area contributed by atoms with Crippen LogP contribution in [0.1, 0.15) is 25.0 Å². The molecule has 0 atom stereocenters. The molecule has 4 heteroatoms. The van der Waals surface area contributed by atoms with E-state index in [1.165, 1.54) is 19.3 Å². The van der Waals surface area contributed by atoms with Crippen LogP contribution in [-0.4, -0.2) is 31.1 Å². The maximum atomic E-state index is 5.45. The van der Waals surface area contributed by atoms with Gasteiger partial charge in [-0.05, 0) is 61.4 Å². The molecule has 1 aliphatic carbocycles. The Hall–Kier alpha value is -0.320. The Morgan fingerprint density at radius 3 is 2.62 bits per heavy atom. The first-order valence-electron chi connectivity index (χ1n) is 5.75. The summed E-state index contributed by atoms with van der Waals surface area (Å²) in [7, 11) is 4.34. The predicted molar refractivity (Wildman–Crippen MR) is 68.4 cm³/mol. The van der Waals surface area contributed by atoms with Gasteiger partial charge in [0.25, 0.3) is 0 Å². The fraction of sp³-hybridized carbons (Fsp3) is 0.667. The van der Waals surface area contributed by atoms with E-state index in [1.807, 2.05) is 12.1 Å². The molecular weight excluding hydrogens is 268 g/mol. The van der Waals surface area contributed by atoms with Gasteiger partial charge in [-0.1, -0.05) is 0 Å². The summed E-state index contributed by atoms with van der Waals surface area (Å²) < 4.78 is 6.25. The molecule has 0 unspecified atom stereocenters. The van der Waals surface area contributed by atoms with Gasteiger partial charge in [0.2, 0.25) is 0 Å². The molecule has 0 radical (unpaired) electrons. The Labute approximate surface area is 105 Å². The highest BCUT2D eigenvalue weighted by molar-refractivity contribution is 9.10. The zero-order chi connectivity index (χ0) is 11.6. The van der Waals surface area contributed by atoms with Gasteiger partial charge >= 0.3 is 0 Å². The van der Waals surface area contributed by atoms with Crippen LogP contribution in [0.3, 0.4) is 0 Å². The maximum absolute atomic E-state index is 5.45. The number of nitrogens with zero attached hydrogens (tertiary/aromatic N) is 1. The van der Waals surface area contributed by atoms with E-state index in [0.29, 0.717) is 5.54 Å². The number of nitrogens with one attached hydrogen (secondary N) is 1. The predicted octanol–water partition coefficient (Wildman–Crippen LogP) is 2.62. The largest absolute Gasteiger partial charge is 0.453 e. The first-order valence-corrected chi connectivity index (χ1v) is 6.54. The quantitative estimate of drug-likeness (QED) is 0.902. The summed E-state index contributed by atoms with van der Waals surface area (Å²) >= 11 is 3.31. The number of halogens is 1. The summed E-state index contributed by atoms with van der Waals surface area (Å²) in [5, 5.41) is 3.48. The SMILES string of the molecule is CN(C)C1(CNCc2ccc(Br)o2)CCC1. The van der Waals surface area contributed by atoms with Gasteiger partial charge in [0.1, 0.15) is 5.76 Å². The summed E-state index contributed by atoms with van der Waals surface area (Å²) in [5.41, 5.74) is 0.379. The van der Waals surface area contributed by atoms with Gasteiger partial charge in [0.15, 0.2) is 4.67 Å². The lowest BCUT2D eigenvalue weighted by Gasteiger charge is -2.47. The minimum Gasteiger partial charge on any atom is -0.453 e. The van der Waals surface area contributed by atoms with E-state index in [0.717, 1.165) is 23.5 Å². The van der Waals surface area contributed by atoms with Gasteiger partial charge in [0, 0.05) is 12.1 Å². The Bertz CT molecular complexity index is 345. The van der Waals surface area contributed by atoms with Crippen molar-refractivity contribution < 1.29 is 4.42 Å².